The van der Waals surface area contributed by atoms with E-state index in [2.05, 4.69) is 29.4 Å². The van der Waals surface area contributed by atoms with Crippen molar-refractivity contribution in [2.45, 2.75) is 26.4 Å². The third-order valence-electron chi connectivity index (χ3n) is 5.47. The fourth-order valence-corrected chi connectivity index (χ4v) is 4.19. The molecular formula is C19H28N4O4. The first-order valence-electron chi connectivity index (χ1n) is 9.55. The van der Waals surface area contributed by atoms with Crippen LogP contribution in [-0.2, 0) is 0 Å². The average Bonchev–Trinajstić information content (AvgIpc) is 3.03. The van der Waals surface area contributed by atoms with Crippen LogP contribution in [0.3, 0.4) is 0 Å². The molecule has 2 aliphatic rings. The fraction of sp³-hybridized carbons (Fsp3) is 0.632. The highest BCUT2D eigenvalue weighted by atomic mass is 16.6. The second-order valence-corrected chi connectivity index (χ2v) is 8.01. The Bertz CT molecular complexity index is 701. The molecule has 3 rings (SSSR count). The lowest BCUT2D eigenvalue weighted by Crippen LogP contribution is -2.39. The minimum Gasteiger partial charge on any atom is -0.391 e. The molecule has 0 aliphatic carbocycles. The maximum Gasteiger partial charge on any atom is 0.293 e. The van der Waals surface area contributed by atoms with E-state index in [1.807, 2.05) is 0 Å². The number of β-amino-alcohol motifs (C(OH)–C–C–N with tert-alkyl or cyclic N) is 1. The van der Waals surface area contributed by atoms with Crippen LogP contribution in [-0.4, -0.2) is 54.8 Å². The van der Waals surface area contributed by atoms with Gasteiger partial charge in [0.15, 0.2) is 0 Å². The minimum atomic E-state index is -0.481. The number of amides is 1. The molecule has 2 aliphatic heterocycles. The second kappa shape index (κ2) is 8.22. The van der Waals surface area contributed by atoms with E-state index in [9.17, 15) is 20.0 Å². The van der Waals surface area contributed by atoms with Gasteiger partial charge in [0.05, 0.1) is 11.0 Å². The number of carbonyl (C=O) groups is 1. The summed E-state index contributed by atoms with van der Waals surface area (Å²) in [5.74, 6) is 0.550. The number of hydrogen-bond acceptors (Lipinski definition) is 6. The van der Waals surface area contributed by atoms with E-state index >= 15 is 0 Å². The summed E-state index contributed by atoms with van der Waals surface area (Å²) in [6.45, 7) is 7.38. The van der Waals surface area contributed by atoms with Crippen molar-refractivity contribution in [2.24, 2.45) is 17.8 Å². The van der Waals surface area contributed by atoms with Gasteiger partial charge in [0.2, 0.25) is 0 Å². The zero-order chi connectivity index (χ0) is 19.6. The lowest BCUT2D eigenvalue weighted by molar-refractivity contribution is -0.384. The standard InChI is InChI=1S/C19H28N4O4/c1-12-5-13(2)11-22(10-12)16-4-3-14(6-17(16)23(26)27)19(25)21-8-15-7-20-9-18(15)24/h3-4,6,12-13,15,18,20,24H,5,7-11H2,1-2H3,(H,21,25). The largest absolute Gasteiger partial charge is 0.391 e. The summed E-state index contributed by atoms with van der Waals surface area (Å²) in [4.78, 5) is 25.7. The van der Waals surface area contributed by atoms with Gasteiger partial charge in [-0.3, -0.25) is 14.9 Å². The predicted molar refractivity (Wildman–Crippen MR) is 103 cm³/mol. The van der Waals surface area contributed by atoms with E-state index < -0.39 is 11.0 Å². The van der Waals surface area contributed by atoms with Gasteiger partial charge in [-0.05, 0) is 30.4 Å². The van der Waals surface area contributed by atoms with Gasteiger partial charge in [-0.1, -0.05) is 13.8 Å². The van der Waals surface area contributed by atoms with Crippen molar-refractivity contribution in [2.75, 3.05) is 37.6 Å². The number of carbonyl (C=O) groups excluding carboxylic acids is 1. The molecule has 1 aromatic carbocycles. The molecular weight excluding hydrogens is 348 g/mol. The van der Waals surface area contributed by atoms with Crippen molar-refractivity contribution < 1.29 is 14.8 Å². The molecule has 0 saturated carbocycles. The van der Waals surface area contributed by atoms with E-state index in [-0.39, 0.29) is 23.1 Å². The van der Waals surface area contributed by atoms with E-state index in [0.717, 1.165) is 19.5 Å². The summed E-state index contributed by atoms with van der Waals surface area (Å²) in [6.07, 6.45) is 0.636. The smallest absolute Gasteiger partial charge is 0.293 e. The van der Waals surface area contributed by atoms with Gasteiger partial charge in [-0.15, -0.1) is 0 Å². The number of anilines is 1. The molecule has 0 spiro atoms. The highest BCUT2D eigenvalue weighted by molar-refractivity contribution is 5.95. The Hall–Kier alpha value is -2.19. The molecule has 8 nitrogen and oxygen atoms in total. The molecule has 1 aromatic rings. The van der Waals surface area contributed by atoms with E-state index in [1.165, 1.54) is 6.07 Å². The summed E-state index contributed by atoms with van der Waals surface area (Å²) in [5.41, 5.74) is 0.806. The Morgan fingerprint density at radius 2 is 2.04 bits per heavy atom. The summed E-state index contributed by atoms with van der Waals surface area (Å²) in [5, 5.41) is 27.3. The number of aliphatic hydroxyl groups excluding tert-OH is 1. The van der Waals surface area contributed by atoms with Crippen LogP contribution >= 0.6 is 0 Å². The van der Waals surface area contributed by atoms with Crippen LogP contribution in [0.15, 0.2) is 18.2 Å². The molecule has 4 atom stereocenters. The third kappa shape index (κ3) is 4.56. The first-order valence-corrected chi connectivity index (χ1v) is 9.55. The summed E-state index contributed by atoms with van der Waals surface area (Å²) in [6, 6.07) is 4.69. The zero-order valence-electron chi connectivity index (χ0n) is 15.9. The normalized spacial score (nSPS) is 28.2. The molecule has 2 heterocycles. The van der Waals surface area contributed by atoms with Gasteiger partial charge in [-0.25, -0.2) is 0 Å². The molecule has 0 bridgehead atoms. The molecule has 2 saturated heterocycles. The van der Waals surface area contributed by atoms with Gasteiger partial charge in [0.25, 0.3) is 11.6 Å². The number of nitro benzene ring substituents is 1. The van der Waals surface area contributed by atoms with Gasteiger partial charge in [0, 0.05) is 50.3 Å². The van der Waals surface area contributed by atoms with Crippen LogP contribution in [0.4, 0.5) is 11.4 Å². The van der Waals surface area contributed by atoms with Crippen molar-refractivity contribution in [1.82, 2.24) is 10.6 Å². The van der Waals surface area contributed by atoms with Crippen LogP contribution in [0.25, 0.3) is 0 Å². The van der Waals surface area contributed by atoms with E-state index in [4.69, 9.17) is 0 Å². The van der Waals surface area contributed by atoms with E-state index in [1.54, 1.807) is 12.1 Å². The maximum absolute atomic E-state index is 12.4. The number of nitro groups is 1. The summed E-state index contributed by atoms with van der Waals surface area (Å²) in [7, 11) is 0. The lowest BCUT2D eigenvalue weighted by atomic mass is 9.91. The molecule has 0 aromatic heterocycles. The summed E-state index contributed by atoms with van der Waals surface area (Å²) >= 11 is 0. The van der Waals surface area contributed by atoms with Gasteiger partial charge >= 0.3 is 0 Å². The molecule has 0 radical (unpaired) electrons. The van der Waals surface area contributed by atoms with Crippen molar-refractivity contribution >= 4 is 17.3 Å². The highest BCUT2D eigenvalue weighted by Crippen LogP contribution is 2.33. The van der Waals surface area contributed by atoms with Gasteiger partial charge in [0.1, 0.15) is 5.69 Å². The Kier molecular flexibility index (Phi) is 5.96. The molecule has 27 heavy (non-hydrogen) atoms. The number of benzene rings is 1. The monoisotopic (exact) mass is 376 g/mol. The van der Waals surface area contributed by atoms with Crippen LogP contribution < -0.4 is 15.5 Å². The molecule has 8 heteroatoms. The zero-order valence-corrected chi connectivity index (χ0v) is 15.9. The average molecular weight is 376 g/mol. The lowest BCUT2D eigenvalue weighted by Gasteiger charge is -2.36. The first kappa shape index (κ1) is 19.6. The maximum atomic E-state index is 12.4. The van der Waals surface area contributed by atoms with Crippen molar-refractivity contribution in [3.05, 3.63) is 33.9 Å². The van der Waals surface area contributed by atoms with Crippen LogP contribution in [0.5, 0.6) is 0 Å². The number of hydrogen-bond donors (Lipinski definition) is 3. The Morgan fingerprint density at radius 3 is 2.63 bits per heavy atom. The molecule has 148 valence electrons. The quantitative estimate of drug-likeness (QED) is 0.529. The third-order valence-corrected chi connectivity index (χ3v) is 5.47. The van der Waals surface area contributed by atoms with Crippen molar-refractivity contribution in [3.8, 4) is 0 Å². The van der Waals surface area contributed by atoms with Crippen LogP contribution in [0, 0.1) is 27.9 Å². The van der Waals surface area contributed by atoms with Crippen molar-refractivity contribution in [1.29, 1.82) is 0 Å². The number of aliphatic hydroxyl groups is 1. The summed E-state index contributed by atoms with van der Waals surface area (Å²) < 4.78 is 0. The second-order valence-electron chi connectivity index (χ2n) is 8.01. The Labute approximate surface area is 159 Å². The van der Waals surface area contributed by atoms with Gasteiger partial charge in [-0.2, -0.15) is 0 Å². The number of piperidine rings is 1. The molecule has 3 N–H and O–H groups in total. The highest BCUT2D eigenvalue weighted by Gasteiger charge is 2.29. The topological polar surface area (TPSA) is 108 Å². The Balaban J connectivity index is 1.74. The van der Waals surface area contributed by atoms with Crippen LogP contribution in [0.2, 0.25) is 0 Å². The predicted octanol–water partition coefficient (Wildman–Crippen LogP) is 1.39. The Morgan fingerprint density at radius 1 is 1.33 bits per heavy atom. The fourth-order valence-electron chi connectivity index (χ4n) is 4.19. The first-order chi connectivity index (χ1) is 12.8. The molecule has 2 fully saturated rings. The SMILES string of the molecule is CC1CC(C)CN(c2ccc(C(=O)NCC3CNCC3O)cc2[N+](=O)[O-])C1. The molecule has 4 unspecified atom stereocenters. The van der Waals surface area contributed by atoms with Crippen LogP contribution in [0.1, 0.15) is 30.6 Å². The van der Waals surface area contributed by atoms with Gasteiger partial charge < -0.3 is 20.6 Å². The minimum absolute atomic E-state index is 0.0356. The van der Waals surface area contributed by atoms with Crippen molar-refractivity contribution in [3.63, 3.8) is 0 Å². The van der Waals surface area contributed by atoms with E-state index in [0.29, 0.717) is 37.2 Å². The number of nitrogens with one attached hydrogen (secondary N) is 2. The molecule has 1 amide bonds. The number of rotatable bonds is 5. The number of nitrogens with zero attached hydrogens (tertiary/aromatic N) is 2.